The van der Waals surface area contributed by atoms with Crippen LogP contribution in [0.15, 0.2) is 37.1 Å². The van der Waals surface area contributed by atoms with E-state index in [0.29, 0.717) is 5.92 Å². The van der Waals surface area contributed by atoms with E-state index in [0.717, 1.165) is 23.3 Å². The Morgan fingerprint density at radius 1 is 1.28 bits per heavy atom. The molecule has 92 valence electrons. The lowest BCUT2D eigenvalue weighted by Crippen LogP contribution is -2.04. The molecule has 3 aromatic heterocycles. The van der Waals surface area contributed by atoms with Crippen molar-refractivity contribution in [2.75, 3.05) is 0 Å². The van der Waals surface area contributed by atoms with E-state index < -0.39 is 0 Å². The lowest BCUT2D eigenvalue weighted by Gasteiger charge is -2.03. The fourth-order valence-corrected chi connectivity index (χ4v) is 2.05. The first-order valence-electron chi connectivity index (χ1n) is 6.05. The van der Waals surface area contributed by atoms with Crippen LogP contribution in [0.1, 0.15) is 13.8 Å². The summed E-state index contributed by atoms with van der Waals surface area (Å²) in [4.78, 5) is 4.28. The average Bonchev–Trinajstić information content (AvgIpc) is 2.95. The Morgan fingerprint density at radius 3 is 3.00 bits per heavy atom. The number of pyridine rings is 1. The summed E-state index contributed by atoms with van der Waals surface area (Å²) in [7, 11) is 0. The van der Waals surface area contributed by atoms with Gasteiger partial charge in [0, 0.05) is 30.1 Å². The molecule has 3 aromatic rings. The van der Waals surface area contributed by atoms with Crippen molar-refractivity contribution in [3.63, 3.8) is 0 Å². The van der Waals surface area contributed by atoms with Crippen molar-refractivity contribution in [3.8, 4) is 11.1 Å². The third-order valence-electron chi connectivity index (χ3n) is 2.80. The minimum Gasteiger partial charge on any atom is -0.272 e. The normalized spacial score (nSPS) is 11.5. The number of hydrogen-bond acceptors (Lipinski definition) is 3. The smallest absolute Gasteiger partial charge is 0.163 e. The first-order chi connectivity index (χ1) is 8.74. The standard InChI is InChI=1S/C13H15N5/c1-10(2)7-17-8-11(6-15-17)12-4-3-5-18-13(12)14-9-16-18/h3-6,8-10H,7H2,1-2H3. The van der Waals surface area contributed by atoms with Crippen LogP contribution in [0.5, 0.6) is 0 Å². The van der Waals surface area contributed by atoms with E-state index in [2.05, 4.69) is 35.2 Å². The van der Waals surface area contributed by atoms with E-state index in [4.69, 9.17) is 0 Å². The van der Waals surface area contributed by atoms with Crippen LogP contribution in [0.4, 0.5) is 0 Å². The van der Waals surface area contributed by atoms with Crippen molar-refractivity contribution < 1.29 is 0 Å². The molecule has 0 aliphatic carbocycles. The molecule has 18 heavy (non-hydrogen) atoms. The zero-order valence-corrected chi connectivity index (χ0v) is 10.5. The Morgan fingerprint density at radius 2 is 2.17 bits per heavy atom. The van der Waals surface area contributed by atoms with E-state index in [-0.39, 0.29) is 0 Å². The van der Waals surface area contributed by atoms with Crippen molar-refractivity contribution in [3.05, 3.63) is 37.1 Å². The number of aromatic nitrogens is 5. The molecule has 0 radical (unpaired) electrons. The second kappa shape index (κ2) is 4.25. The molecule has 0 fully saturated rings. The molecule has 0 atom stereocenters. The quantitative estimate of drug-likeness (QED) is 0.706. The third-order valence-corrected chi connectivity index (χ3v) is 2.80. The lowest BCUT2D eigenvalue weighted by atomic mass is 10.1. The van der Waals surface area contributed by atoms with Crippen LogP contribution in [-0.2, 0) is 6.54 Å². The molecule has 0 amide bonds. The monoisotopic (exact) mass is 241 g/mol. The van der Waals surface area contributed by atoms with Crippen molar-refractivity contribution in [1.29, 1.82) is 0 Å². The number of rotatable bonds is 3. The first-order valence-corrected chi connectivity index (χ1v) is 6.05. The number of fused-ring (bicyclic) bond motifs is 1. The molecule has 3 heterocycles. The third kappa shape index (κ3) is 1.88. The molecule has 0 bridgehead atoms. The number of hydrogen-bond donors (Lipinski definition) is 0. The predicted octanol–water partition coefficient (Wildman–Crippen LogP) is 2.25. The van der Waals surface area contributed by atoms with Gasteiger partial charge in [-0.25, -0.2) is 9.50 Å². The van der Waals surface area contributed by atoms with Crippen LogP contribution >= 0.6 is 0 Å². The molecule has 0 saturated heterocycles. The van der Waals surface area contributed by atoms with E-state index in [1.54, 1.807) is 10.8 Å². The maximum absolute atomic E-state index is 4.38. The summed E-state index contributed by atoms with van der Waals surface area (Å²) in [5, 5.41) is 8.52. The summed E-state index contributed by atoms with van der Waals surface area (Å²) in [6.07, 6.45) is 7.40. The van der Waals surface area contributed by atoms with Crippen LogP contribution < -0.4 is 0 Å². The SMILES string of the molecule is CC(C)Cn1cc(-c2cccn3ncnc23)cn1. The van der Waals surface area contributed by atoms with Crippen LogP contribution in [0.25, 0.3) is 16.8 Å². The van der Waals surface area contributed by atoms with Gasteiger partial charge in [-0.2, -0.15) is 10.2 Å². The predicted molar refractivity (Wildman–Crippen MR) is 69.0 cm³/mol. The molecule has 0 saturated carbocycles. The molecule has 0 unspecified atom stereocenters. The van der Waals surface area contributed by atoms with Gasteiger partial charge in [0.2, 0.25) is 0 Å². The highest BCUT2D eigenvalue weighted by Crippen LogP contribution is 2.22. The lowest BCUT2D eigenvalue weighted by molar-refractivity contribution is 0.483. The average molecular weight is 241 g/mol. The van der Waals surface area contributed by atoms with Gasteiger partial charge in [-0.05, 0) is 18.1 Å². The molecular formula is C13H15N5. The Labute approximate surface area is 105 Å². The summed E-state index contributed by atoms with van der Waals surface area (Å²) < 4.78 is 3.75. The molecule has 0 aliphatic rings. The van der Waals surface area contributed by atoms with Gasteiger partial charge in [-0.3, -0.25) is 4.68 Å². The second-order valence-corrected chi connectivity index (χ2v) is 4.79. The van der Waals surface area contributed by atoms with Gasteiger partial charge in [-0.1, -0.05) is 13.8 Å². The van der Waals surface area contributed by atoms with Crippen molar-refractivity contribution in [2.45, 2.75) is 20.4 Å². The molecule has 0 aliphatic heterocycles. The van der Waals surface area contributed by atoms with Crippen molar-refractivity contribution in [1.82, 2.24) is 24.4 Å². The minimum atomic E-state index is 0.585. The summed E-state index contributed by atoms with van der Waals surface area (Å²) >= 11 is 0. The van der Waals surface area contributed by atoms with Crippen LogP contribution in [-0.4, -0.2) is 24.4 Å². The zero-order valence-electron chi connectivity index (χ0n) is 10.5. The summed E-state index contributed by atoms with van der Waals surface area (Å²) in [6, 6.07) is 4.01. The summed E-state index contributed by atoms with van der Waals surface area (Å²) in [5.74, 6) is 0.585. The maximum Gasteiger partial charge on any atom is 0.163 e. The fourth-order valence-electron chi connectivity index (χ4n) is 2.05. The topological polar surface area (TPSA) is 48.0 Å². The summed E-state index contributed by atoms with van der Waals surface area (Å²) in [6.45, 7) is 5.29. The Kier molecular flexibility index (Phi) is 2.59. The van der Waals surface area contributed by atoms with Gasteiger partial charge < -0.3 is 0 Å². The molecular weight excluding hydrogens is 226 g/mol. The van der Waals surface area contributed by atoms with Crippen molar-refractivity contribution in [2.24, 2.45) is 5.92 Å². The molecule has 0 aromatic carbocycles. The Bertz CT molecular complexity index is 665. The van der Waals surface area contributed by atoms with E-state index >= 15 is 0 Å². The summed E-state index contributed by atoms with van der Waals surface area (Å²) in [5.41, 5.74) is 3.00. The molecule has 0 spiro atoms. The van der Waals surface area contributed by atoms with Crippen LogP contribution in [0.2, 0.25) is 0 Å². The maximum atomic E-state index is 4.38. The highest BCUT2D eigenvalue weighted by atomic mass is 15.3. The van der Waals surface area contributed by atoms with Crippen molar-refractivity contribution >= 4 is 5.65 Å². The van der Waals surface area contributed by atoms with E-state index in [1.807, 2.05) is 29.2 Å². The van der Waals surface area contributed by atoms with Crippen LogP contribution in [0, 0.1) is 5.92 Å². The van der Waals surface area contributed by atoms with Gasteiger partial charge in [0.1, 0.15) is 6.33 Å². The van der Waals surface area contributed by atoms with Gasteiger partial charge in [0.05, 0.1) is 6.20 Å². The highest BCUT2D eigenvalue weighted by Gasteiger charge is 2.08. The van der Waals surface area contributed by atoms with E-state index in [1.165, 1.54) is 0 Å². The fraction of sp³-hybridized carbons (Fsp3) is 0.308. The van der Waals surface area contributed by atoms with Gasteiger partial charge in [-0.15, -0.1) is 0 Å². The molecule has 5 heteroatoms. The van der Waals surface area contributed by atoms with Gasteiger partial charge in [0.25, 0.3) is 0 Å². The Balaban J connectivity index is 2.04. The highest BCUT2D eigenvalue weighted by molar-refractivity contribution is 5.76. The first kappa shape index (κ1) is 11.0. The molecule has 3 rings (SSSR count). The number of nitrogens with zero attached hydrogens (tertiary/aromatic N) is 5. The van der Waals surface area contributed by atoms with E-state index in [9.17, 15) is 0 Å². The van der Waals surface area contributed by atoms with Gasteiger partial charge in [0.15, 0.2) is 5.65 Å². The Hall–Kier alpha value is -2.17. The molecule has 0 N–H and O–H groups in total. The zero-order chi connectivity index (χ0) is 12.5. The minimum absolute atomic E-state index is 0.585. The molecule has 5 nitrogen and oxygen atoms in total. The van der Waals surface area contributed by atoms with Crippen LogP contribution in [0.3, 0.4) is 0 Å². The second-order valence-electron chi connectivity index (χ2n) is 4.79. The largest absolute Gasteiger partial charge is 0.272 e. The van der Waals surface area contributed by atoms with Gasteiger partial charge >= 0.3 is 0 Å².